The SMILES string of the molecule is O=C(NC[C@@H]1CCCO1)[C@H]1Cc2cc(C(F)(F)F)ccc2N2CCN(Cc3ccc(F)cc3)C[C@@H]12. The maximum Gasteiger partial charge on any atom is 0.416 e. The number of nitrogens with one attached hydrogen (secondary N) is 1. The van der Waals surface area contributed by atoms with Crippen LogP contribution in [0, 0.1) is 11.7 Å². The van der Waals surface area contributed by atoms with Crippen LogP contribution in [0.15, 0.2) is 42.5 Å². The van der Waals surface area contributed by atoms with Crippen LogP contribution in [0.1, 0.15) is 29.5 Å². The van der Waals surface area contributed by atoms with Crippen LogP contribution in [0.25, 0.3) is 0 Å². The van der Waals surface area contributed by atoms with Gasteiger partial charge in [-0.1, -0.05) is 12.1 Å². The minimum Gasteiger partial charge on any atom is -0.376 e. The molecule has 1 amide bonds. The first-order valence-electron chi connectivity index (χ1n) is 12.1. The van der Waals surface area contributed by atoms with E-state index in [0.717, 1.165) is 30.2 Å². The van der Waals surface area contributed by atoms with Crippen LogP contribution >= 0.6 is 0 Å². The van der Waals surface area contributed by atoms with Crippen LogP contribution < -0.4 is 10.2 Å². The summed E-state index contributed by atoms with van der Waals surface area (Å²) in [5.41, 5.74) is 1.61. The van der Waals surface area contributed by atoms with Crippen LogP contribution in [0.5, 0.6) is 0 Å². The zero-order chi connectivity index (χ0) is 24.6. The number of amides is 1. The van der Waals surface area contributed by atoms with Gasteiger partial charge in [-0.2, -0.15) is 13.2 Å². The third kappa shape index (κ3) is 5.30. The van der Waals surface area contributed by atoms with E-state index in [2.05, 4.69) is 15.1 Å². The average molecular weight is 492 g/mol. The van der Waals surface area contributed by atoms with Crippen molar-refractivity contribution in [2.24, 2.45) is 5.92 Å². The highest BCUT2D eigenvalue weighted by atomic mass is 19.4. The van der Waals surface area contributed by atoms with Gasteiger partial charge in [0.15, 0.2) is 0 Å². The highest BCUT2D eigenvalue weighted by Crippen LogP contribution is 2.40. The van der Waals surface area contributed by atoms with E-state index < -0.39 is 17.7 Å². The summed E-state index contributed by atoms with van der Waals surface area (Å²) in [7, 11) is 0. The normalized spacial score (nSPS) is 24.7. The molecule has 0 bridgehead atoms. The van der Waals surface area contributed by atoms with Gasteiger partial charge >= 0.3 is 6.18 Å². The number of hydrogen-bond donors (Lipinski definition) is 1. The number of carbonyl (C=O) groups is 1. The molecule has 3 aliphatic heterocycles. The second-order valence-corrected chi connectivity index (χ2v) is 9.65. The fourth-order valence-corrected chi connectivity index (χ4v) is 5.50. The molecule has 3 aliphatic rings. The Kier molecular flexibility index (Phi) is 6.72. The number of fused-ring (bicyclic) bond motifs is 3. The first-order valence-corrected chi connectivity index (χ1v) is 12.1. The van der Waals surface area contributed by atoms with Crippen molar-refractivity contribution in [3.8, 4) is 0 Å². The minimum absolute atomic E-state index is 0.0101. The molecule has 2 aromatic carbocycles. The van der Waals surface area contributed by atoms with Crippen LogP contribution in [0.4, 0.5) is 23.2 Å². The summed E-state index contributed by atoms with van der Waals surface area (Å²) < 4.78 is 59.1. The summed E-state index contributed by atoms with van der Waals surface area (Å²) in [6.45, 7) is 3.60. The molecule has 5 nitrogen and oxygen atoms in total. The van der Waals surface area contributed by atoms with E-state index in [1.165, 1.54) is 18.2 Å². The van der Waals surface area contributed by atoms with E-state index in [9.17, 15) is 22.4 Å². The lowest BCUT2D eigenvalue weighted by Crippen LogP contribution is -2.61. The summed E-state index contributed by atoms with van der Waals surface area (Å²) in [6, 6.07) is 10.1. The van der Waals surface area contributed by atoms with Crippen LogP contribution in [0.3, 0.4) is 0 Å². The lowest BCUT2D eigenvalue weighted by atomic mass is 9.82. The summed E-state index contributed by atoms with van der Waals surface area (Å²) in [6.07, 6.45) is -2.33. The highest BCUT2D eigenvalue weighted by Gasteiger charge is 2.42. The van der Waals surface area contributed by atoms with Crippen molar-refractivity contribution in [3.05, 3.63) is 65.0 Å². The Bertz CT molecular complexity index is 1050. The Morgan fingerprint density at radius 2 is 1.91 bits per heavy atom. The number of rotatable bonds is 5. The van der Waals surface area contributed by atoms with Crippen LogP contribution in [-0.2, 0) is 28.7 Å². The molecule has 0 saturated carbocycles. The lowest BCUT2D eigenvalue weighted by molar-refractivity contribution is -0.137. The molecule has 3 atom stereocenters. The maximum atomic E-state index is 13.4. The van der Waals surface area contributed by atoms with Crippen molar-refractivity contribution in [1.29, 1.82) is 0 Å². The Hall–Kier alpha value is -2.65. The molecule has 0 aromatic heterocycles. The molecular weight excluding hydrogens is 462 g/mol. The fourth-order valence-electron chi connectivity index (χ4n) is 5.50. The molecule has 0 aliphatic carbocycles. The molecule has 0 unspecified atom stereocenters. The minimum atomic E-state index is -4.43. The Labute approximate surface area is 202 Å². The van der Waals surface area contributed by atoms with Crippen molar-refractivity contribution >= 4 is 11.6 Å². The number of carbonyl (C=O) groups excluding carboxylic acids is 1. The predicted molar refractivity (Wildman–Crippen MR) is 123 cm³/mol. The standard InChI is InChI=1S/C26H29F4N3O2/c27-20-6-3-17(4-7-20)15-32-9-10-33-23-8-5-19(26(28,29)30)12-18(23)13-22(24(33)16-32)25(34)31-14-21-2-1-11-35-21/h3-8,12,21-22,24H,1-2,9-11,13-16H2,(H,31,34)/t21-,22-,24-/m0/s1. The molecule has 2 saturated heterocycles. The van der Waals surface area contributed by atoms with Crippen molar-refractivity contribution in [2.45, 2.75) is 44.1 Å². The summed E-state index contributed by atoms with van der Waals surface area (Å²) in [5.74, 6) is -0.922. The summed E-state index contributed by atoms with van der Waals surface area (Å²) in [5, 5.41) is 3.00. The van der Waals surface area contributed by atoms with Gasteiger partial charge in [-0.15, -0.1) is 0 Å². The largest absolute Gasteiger partial charge is 0.416 e. The molecule has 35 heavy (non-hydrogen) atoms. The zero-order valence-corrected chi connectivity index (χ0v) is 19.4. The van der Waals surface area contributed by atoms with Crippen LogP contribution in [-0.4, -0.2) is 55.7 Å². The summed E-state index contributed by atoms with van der Waals surface area (Å²) in [4.78, 5) is 17.6. The first-order chi connectivity index (χ1) is 16.8. The topological polar surface area (TPSA) is 44.8 Å². The van der Waals surface area contributed by atoms with Crippen LogP contribution in [0.2, 0.25) is 0 Å². The van der Waals surface area contributed by atoms with E-state index in [0.29, 0.717) is 44.9 Å². The zero-order valence-electron chi connectivity index (χ0n) is 19.4. The van der Waals surface area contributed by atoms with E-state index in [1.54, 1.807) is 18.2 Å². The second-order valence-electron chi connectivity index (χ2n) is 9.65. The molecular formula is C26H29F4N3O2. The number of ether oxygens (including phenoxy) is 1. The predicted octanol–water partition coefficient (Wildman–Crippen LogP) is 4.00. The molecule has 1 N–H and O–H groups in total. The fraction of sp³-hybridized carbons (Fsp3) is 0.500. The highest BCUT2D eigenvalue weighted by molar-refractivity contribution is 5.82. The van der Waals surface area contributed by atoms with Crippen molar-refractivity contribution < 1.29 is 27.1 Å². The average Bonchev–Trinajstić information content (AvgIpc) is 3.36. The molecule has 0 radical (unpaired) electrons. The molecule has 5 rings (SSSR count). The number of benzene rings is 2. The Balaban J connectivity index is 1.38. The first kappa shape index (κ1) is 24.1. The molecule has 9 heteroatoms. The smallest absolute Gasteiger partial charge is 0.376 e. The van der Waals surface area contributed by atoms with Gasteiger partial charge in [0.25, 0.3) is 0 Å². The Morgan fingerprint density at radius 3 is 2.63 bits per heavy atom. The van der Waals surface area contributed by atoms with Crippen molar-refractivity contribution in [2.75, 3.05) is 37.7 Å². The van der Waals surface area contributed by atoms with Gasteiger partial charge in [-0.3, -0.25) is 9.69 Å². The van der Waals surface area contributed by atoms with Gasteiger partial charge in [-0.25, -0.2) is 4.39 Å². The molecule has 0 spiro atoms. The quantitative estimate of drug-likeness (QED) is 0.643. The maximum absolute atomic E-state index is 13.4. The van der Waals surface area contributed by atoms with E-state index in [4.69, 9.17) is 4.74 Å². The third-order valence-corrected chi connectivity index (χ3v) is 7.31. The third-order valence-electron chi connectivity index (χ3n) is 7.31. The van der Waals surface area contributed by atoms with Gasteiger partial charge in [-0.05, 0) is 60.7 Å². The number of piperazine rings is 1. The van der Waals surface area contributed by atoms with E-state index in [-0.39, 0.29) is 30.3 Å². The molecule has 188 valence electrons. The molecule has 2 aromatic rings. The van der Waals surface area contributed by atoms with E-state index in [1.807, 2.05) is 0 Å². The van der Waals surface area contributed by atoms with E-state index >= 15 is 0 Å². The number of alkyl halides is 3. The van der Waals surface area contributed by atoms with Crippen molar-refractivity contribution in [3.63, 3.8) is 0 Å². The molecule has 2 fully saturated rings. The van der Waals surface area contributed by atoms with Gasteiger partial charge < -0.3 is 15.0 Å². The van der Waals surface area contributed by atoms with Gasteiger partial charge in [0, 0.05) is 45.0 Å². The van der Waals surface area contributed by atoms with Gasteiger partial charge in [0.05, 0.1) is 23.6 Å². The second kappa shape index (κ2) is 9.78. The number of halogens is 4. The number of hydrogen-bond acceptors (Lipinski definition) is 4. The van der Waals surface area contributed by atoms with Crippen molar-refractivity contribution in [1.82, 2.24) is 10.2 Å². The summed E-state index contributed by atoms with van der Waals surface area (Å²) >= 11 is 0. The number of anilines is 1. The van der Waals surface area contributed by atoms with Gasteiger partial charge in [0.2, 0.25) is 5.91 Å². The Morgan fingerprint density at radius 1 is 1.11 bits per heavy atom. The molecule has 3 heterocycles. The van der Waals surface area contributed by atoms with Gasteiger partial charge in [0.1, 0.15) is 5.82 Å². The lowest BCUT2D eigenvalue weighted by Gasteiger charge is -2.49. The monoisotopic (exact) mass is 491 g/mol. The number of nitrogens with zero attached hydrogens (tertiary/aromatic N) is 2.